The minimum Gasteiger partial charge on any atom is -0.392 e. The summed E-state index contributed by atoms with van der Waals surface area (Å²) in [6.45, 7) is 3.69. The van der Waals surface area contributed by atoms with Crippen LogP contribution in [0.4, 0.5) is 0 Å². The molecule has 6 nitrogen and oxygen atoms in total. The van der Waals surface area contributed by atoms with Crippen molar-refractivity contribution in [1.82, 2.24) is 4.90 Å². The molecule has 0 unspecified atom stereocenters. The first-order valence-electron chi connectivity index (χ1n) is 11.3. The van der Waals surface area contributed by atoms with Crippen LogP contribution in [-0.2, 0) is 9.47 Å². The second-order valence-corrected chi connectivity index (χ2v) is 10.8. The highest BCUT2D eigenvalue weighted by molar-refractivity contribution is 5.33. The monoisotopic (exact) mass is 393 g/mol. The lowest BCUT2D eigenvalue weighted by Crippen LogP contribution is -2.77. The molecule has 3 N–H and O–H groups in total. The van der Waals surface area contributed by atoms with Crippen LogP contribution < -0.4 is 0 Å². The van der Waals surface area contributed by atoms with Crippen LogP contribution in [0.5, 0.6) is 0 Å². The molecule has 7 bridgehead atoms. The topological polar surface area (TPSA) is 82.4 Å². The molecule has 6 fully saturated rings. The van der Waals surface area contributed by atoms with Gasteiger partial charge in [0, 0.05) is 56.4 Å². The Kier molecular flexibility index (Phi) is 3.65. The van der Waals surface area contributed by atoms with Gasteiger partial charge < -0.3 is 24.8 Å². The molecule has 6 heteroatoms. The van der Waals surface area contributed by atoms with Crippen molar-refractivity contribution in [3.63, 3.8) is 0 Å². The van der Waals surface area contributed by atoms with E-state index in [1.54, 1.807) is 14.2 Å². The lowest BCUT2D eigenvalue weighted by atomic mass is 9.45. The minimum atomic E-state index is -0.843. The zero-order valence-electron chi connectivity index (χ0n) is 17.3. The molecule has 0 amide bonds. The molecule has 12 atom stereocenters. The zero-order chi connectivity index (χ0) is 19.6. The summed E-state index contributed by atoms with van der Waals surface area (Å²) in [4.78, 5) is 2.40. The predicted octanol–water partition coefficient (Wildman–Crippen LogP) is 0.630. The summed E-state index contributed by atoms with van der Waals surface area (Å²) in [5.41, 5.74) is -1.90. The van der Waals surface area contributed by atoms with Gasteiger partial charge in [0.25, 0.3) is 0 Å². The SMILES string of the molecule is CCN1C[C@]2(O)CC[C@H](O)[C@]34[C@@H]5C[C@H]6[C@H](OC)[C@@H]5[C@](O)(C[C@@H]6OC)[C@H](C[C@H]23)[C@H]14. The summed E-state index contributed by atoms with van der Waals surface area (Å²) in [6.07, 6.45) is 3.31. The Labute approximate surface area is 167 Å². The van der Waals surface area contributed by atoms with Gasteiger partial charge in [0.2, 0.25) is 0 Å². The molecule has 1 aliphatic heterocycles. The van der Waals surface area contributed by atoms with Crippen molar-refractivity contribution in [2.24, 2.45) is 35.0 Å². The highest BCUT2D eigenvalue weighted by Crippen LogP contribution is 2.77. The normalized spacial score (nSPS) is 64.3. The van der Waals surface area contributed by atoms with Crippen LogP contribution in [0.3, 0.4) is 0 Å². The van der Waals surface area contributed by atoms with Crippen molar-refractivity contribution in [1.29, 1.82) is 0 Å². The van der Waals surface area contributed by atoms with Gasteiger partial charge in [-0.3, -0.25) is 4.90 Å². The van der Waals surface area contributed by atoms with E-state index < -0.39 is 17.3 Å². The number of likely N-dealkylation sites (tertiary alicyclic amines) is 1. The number of fused-ring (bicyclic) bond motifs is 2. The highest BCUT2D eigenvalue weighted by Gasteiger charge is 2.83. The highest BCUT2D eigenvalue weighted by atomic mass is 16.5. The third kappa shape index (κ3) is 1.72. The average Bonchev–Trinajstić information content (AvgIpc) is 3.16. The summed E-state index contributed by atoms with van der Waals surface area (Å²) in [5, 5.41) is 35.6. The lowest BCUT2D eigenvalue weighted by molar-refractivity contribution is -0.281. The lowest BCUT2D eigenvalue weighted by Gasteiger charge is -2.68. The van der Waals surface area contributed by atoms with E-state index in [1.807, 2.05) is 0 Å². The molecule has 1 spiro atoms. The number of aliphatic hydroxyl groups is 3. The van der Waals surface area contributed by atoms with Crippen molar-refractivity contribution in [3.05, 3.63) is 0 Å². The molecule has 6 rings (SSSR count). The fraction of sp³-hybridized carbons (Fsp3) is 1.00. The number of β-amino-alcohol motifs (C(OH)–C–C–N with tert-alkyl or cyclic N) is 1. The number of likely N-dealkylation sites (N-methyl/N-ethyl adjacent to an activating group) is 1. The van der Waals surface area contributed by atoms with E-state index in [4.69, 9.17) is 9.47 Å². The number of piperidine rings is 1. The fourth-order valence-electron chi connectivity index (χ4n) is 9.96. The number of hydrogen-bond donors (Lipinski definition) is 3. The first-order chi connectivity index (χ1) is 13.4. The van der Waals surface area contributed by atoms with Crippen LogP contribution in [0, 0.1) is 35.0 Å². The number of aliphatic hydroxyl groups excluding tert-OH is 1. The first kappa shape index (κ1) is 18.5. The van der Waals surface area contributed by atoms with Crippen LogP contribution in [0.2, 0.25) is 0 Å². The summed E-state index contributed by atoms with van der Waals surface area (Å²) in [6, 6.07) is 0.149. The summed E-state index contributed by atoms with van der Waals surface area (Å²) in [7, 11) is 3.52. The van der Waals surface area contributed by atoms with Crippen LogP contribution in [0.25, 0.3) is 0 Å². The molecule has 0 aromatic carbocycles. The molecule has 5 saturated carbocycles. The molecule has 1 heterocycles. The van der Waals surface area contributed by atoms with Crippen molar-refractivity contribution in [3.8, 4) is 0 Å². The summed E-state index contributed by atoms with van der Waals surface area (Å²) < 4.78 is 11.9. The Balaban J connectivity index is 1.59. The van der Waals surface area contributed by atoms with Crippen LogP contribution in [0.1, 0.15) is 39.0 Å². The van der Waals surface area contributed by atoms with Crippen molar-refractivity contribution < 1.29 is 24.8 Å². The van der Waals surface area contributed by atoms with Crippen LogP contribution >= 0.6 is 0 Å². The number of rotatable bonds is 3. The maximum Gasteiger partial charge on any atom is 0.0810 e. The second-order valence-electron chi connectivity index (χ2n) is 10.8. The maximum atomic E-state index is 12.3. The number of nitrogens with zero attached hydrogens (tertiary/aromatic N) is 1. The van der Waals surface area contributed by atoms with Gasteiger partial charge in [-0.15, -0.1) is 0 Å². The molecule has 5 aliphatic carbocycles. The summed E-state index contributed by atoms with van der Waals surface area (Å²) >= 11 is 0. The van der Waals surface area contributed by atoms with E-state index in [1.165, 1.54) is 0 Å². The first-order valence-corrected chi connectivity index (χ1v) is 11.3. The second kappa shape index (κ2) is 5.51. The third-order valence-electron chi connectivity index (χ3n) is 10.5. The van der Waals surface area contributed by atoms with E-state index in [9.17, 15) is 15.3 Å². The molecule has 28 heavy (non-hydrogen) atoms. The van der Waals surface area contributed by atoms with Crippen LogP contribution in [0.15, 0.2) is 0 Å². The smallest absolute Gasteiger partial charge is 0.0810 e. The van der Waals surface area contributed by atoms with E-state index in [0.717, 1.165) is 19.4 Å². The Morgan fingerprint density at radius 1 is 1.11 bits per heavy atom. The quantitative estimate of drug-likeness (QED) is 0.653. The van der Waals surface area contributed by atoms with E-state index in [-0.39, 0.29) is 53.3 Å². The Morgan fingerprint density at radius 3 is 2.57 bits per heavy atom. The number of methoxy groups -OCH3 is 2. The van der Waals surface area contributed by atoms with Crippen molar-refractivity contribution in [2.45, 2.75) is 74.6 Å². The van der Waals surface area contributed by atoms with Crippen LogP contribution in [-0.4, -0.2) is 83.1 Å². The minimum absolute atomic E-state index is 0.00139. The molecule has 0 aromatic heterocycles. The standard InChI is InChI=1S/C22H35NO5/c1-4-23-10-20(25)6-5-16(24)22-12-7-11-14(27-2)9-21(26,17(12)18(11)28-3)13(19(22)23)8-15(20)22/h11-19,24-26H,4-10H2,1-3H3/t11-,12-,13-,14+,15-,16+,17-,18+,19+,20-,21+,22+/m1/s1. The van der Waals surface area contributed by atoms with E-state index >= 15 is 0 Å². The Bertz CT molecular complexity index is 690. The van der Waals surface area contributed by atoms with Gasteiger partial charge >= 0.3 is 0 Å². The van der Waals surface area contributed by atoms with Crippen molar-refractivity contribution in [2.75, 3.05) is 27.3 Å². The molecular weight excluding hydrogens is 358 g/mol. The van der Waals surface area contributed by atoms with Gasteiger partial charge in [0.15, 0.2) is 0 Å². The summed E-state index contributed by atoms with van der Waals surface area (Å²) in [5.74, 6) is 0.622. The number of ether oxygens (including phenoxy) is 2. The van der Waals surface area contributed by atoms with Gasteiger partial charge in [0.05, 0.1) is 29.5 Å². The van der Waals surface area contributed by atoms with Gasteiger partial charge in [-0.25, -0.2) is 0 Å². The molecule has 0 radical (unpaired) electrons. The molecule has 6 aliphatic rings. The predicted molar refractivity (Wildman–Crippen MR) is 102 cm³/mol. The zero-order valence-corrected chi connectivity index (χ0v) is 17.3. The third-order valence-corrected chi connectivity index (χ3v) is 10.5. The van der Waals surface area contributed by atoms with E-state index in [2.05, 4.69) is 11.8 Å². The molecular formula is C22H35NO5. The van der Waals surface area contributed by atoms with Gasteiger partial charge in [0.1, 0.15) is 0 Å². The number of hydrogen-bond acceptors (Lipinski definition) is 6. The van der Waals surface area contributed by atoms with Gasteiger partial charge in [-0.2, -0.15) is 0 Å². The molecule has 0 aromatic rings. The average molecular weight is 394 g/mol. The van der Waals surface area contributed by atoms with Crippen molar-refractivity contribution >= 4 is 0 Å². The maximum absolute atomic E-state index is 12.3. The molecule has 1 saturated heterocycles. The van der Waals surface area contributed by atoms with E-state index in [0.29, 0.717) is 25.8 Å². The van der Waals surface area contributed by atoms with Gasteiger partial charge in [-0.05, 0) is 44.1 Å². The Morgan fingerprint density at radius 2 is 1.89 bits per heavy atom. The molecule has 158 valence electrons. The largest absolute Gasteiger partial charge is 0.392 e. The Hall–Kier alpha value is -0.240. The fourth-order valence-corrected chi connectivity index (χ4v) is 9.96. The van der Waals surface area contributed by atoms with Gasteiger partial charge in [-0.1, -0.05) is 6.92 Å².